The molecule has 7 nitrogen and oxygen atoms in total. The monoisotopic (exact) mass is 439 g/mol. The molecule has 0 aliphatic carbocycles. The number of nitrogens with zero attached hydrogens (tertiary/aromatic N) is 2. The summed E-state index contributed by atoms with van der Waals surface area (Å²) in [4.78, 5) is 29.3. The third-order valence-electron chi connectivity index (χ3n) is 5.96. The highest BCUT2D eigenvalue weighted by atomic mass is 16.5. The fourth-order valence-corrected chi connectivity index (χ4v) is 3.93. The number of ether oxygens (including phenoxy) is 2. The van der Waals surface area contributed by atoms with Crippen molar-refractivity contribution in [3.8, 4) is 11.5 Å². The van der Waals surface area contributed by atoms with Crippen LogP contribution >= 0.6 is 0 Å². The lowest BCUT2D eigenvalue weighted by atomic mass is 10.1. The van der Waals surface area contributed by atoms with E-state index in [1.165, 1.54) is 5.56 Å². The molecule has 1 atom stereocenters. The minimum absolute atomic E-state index is 0.0712. The highest BCUT2D eigenvalue weighted by Gasteiger charge is 2.35. The Morgan fingerprint density at radius 1 is 1.03 bits per heavy atom. The third kappa shape index (κ3) is 5.59. The van der Waals surface area contributed by atoms with E-state index in [9.17, 15) is 9.59 Å². The van der Waals surface area contributed by atoms with Gasteiger partial charge in [-0.3, -0.25) is 14.5 Å². The number of anilines is 1. The fraction of sp³-hybridized carbons (Fsp3) is 0.440. The summed E-state index contributed by atoms with van der Waals surface area (Å²) in [6.45, 7) is 8.09. The minimum atomic E-state index is -0.377. The number of rotatable bonds is 10. The summed E-state index contributed by atoms with van der Waals surface area (Å²) >= 11 is 0. The van der Waals surface area contributed by atoms with E-state index >= 15 is 0 Å². The van der Waals surface area contributed by atoms with Crippen LogP contribution in [0.25, 0.3) is 0 Å². The van der Waals surface area contributed by atoms with Crippen molar-refractivity contribution < 1.29 is 19.1 Å². The van der Waals surface area contributed by atoms with Crippen molar-refractivity contribution in [1.82, 2.24) is 10.2 Å². The zero-order valence-corrected chi connectivity index (χ0v) is 19.4. The Kier molecular flexibility index (Phi) is 8.11. The molecule has 7 heteroatoms. The van der Waals surface area contributed by atoms with Gasteiger partial charge in [-0.25, -0.2) is 0 Å². The van der Waals surface area contributed by atoms with Gasteiger partial charge in [0.1, 0.15) is 0 Å². The second-order valence-electron chi connectivity index (χ2n) is 7.94. The van der Waals surface area contributed by atoms with Crippen molar-refractivity contribution in [2.45, 2.75) is 33.4 Å². The maximum Gasteiger partial charge on any atom is 0.227 e. The SMILES string of the molecule is CCN(CC)Cc1ccc(CNC(=O)C2CC(=O)N(c3ccc(OC)c(OC)c3)C2)cc1. The average Bonchev–Trinajstić information content (AvgIpc) is 3.22. The molecule has 2 aromatic rings. The van der Waals surface area contributed by atoms with Crippen molar-refractivity contribution in [3.05, 3.63) is 53.6 Å². The molecule has 1 aliphatic heterocycles. The fourth-order valence-electron chi connectivity index (χ4n) is 3.93. The minimum Gasteiger partial charge on any atom is -0.493 e. The quantitative estimate of drug-likeness (QED) is 0.616. The topological polar surface area (TPSA) is 71.1 Å². The highest BCUT2D eigenvalue weighted by molar-refractivity contribution is 6.00. The molecule has 1 unspecified atom stereocenters. The molecule has 2 amide bonds. The molecule has 1 heterocycles. The normalized spacial score (nSPS) is 15.8. The molecule has 1 fully saturated rings. The number of hydrogen-bond donors (Lipinski definition) is 1. The van der Waals surface area contributed by atoms with Crippen LogP contribution in [0.5, 0.6) is 11.5 Å². The zero-order valence-electron chi connectivity index (χ0n) is 19.4. The summed E-state index contributed by atoms with van der Waals surface area (Å²) in [7, 11) is 3.12. The molecule has 3 rings (SSSR count). The molecule has 1 saturated heterocycles. The van der Waals surface area contributed by atoms with Crippen LogP contribution in [0.4, 0.5) is 5.69 Å². The van der Waals surface area contributed by atoms with Crippen LogP contribution in [0.15, 0.2) is 42.5 Å². The highest BCUT2D eigenvalue weighted by Crippen LogP contribution is 2.34. The second-order valence-corrected chi connectivity index (χ2v) is 7.94. The summed E-state index contributed by atoms with van der Waals surface area (Å²) in [5, 5.41) is 2.98. The molecule has 0 radical (unpaired) electrons. The molecular weight excluding hydrogens is 406 g/mol. The van der Waals surface area contributed by atoms with E-state index in [1.807, 2.05) is 0 Å². The molecule has 32 heavy (non-hydrogen) atoms. The van der Waals surface area contributed by atoms with Crippen LogP contribution < -0.4 is 19.7 Å². The van der Waals surface area contributed by atoms with Gasteiger partial charge in [-0.15, -0.1) is 0 Å². The summed E-state index contributed by atoms with van der Waals surface area (Å²) in [5.41, 5.74) is 3.00. The van der Waals surface area contributed by atoms with Crippen LogP contribution in [0.3, 0.4) is 0 Å². The Labute approximate surface area is 190 Å². The molecule has 0 aromatic heterocycles. The van der Waals surface area contributed by atoms with Crippen LogP contribution in [-0.4, -0.2) is 50.6 Å². The van der Waals surface area contributed by atoms with Gasteiger partial charge in [0, 0.05) is 37.8 Å². The maximum absolute atomic E-state index is 12.7. The maximum atomic E-state index is 12.7. The molecule has 0 spiro atoms. The lowest BCUT2D eigenvalue weighted by Crippen LogP contribution is -2.32. The Hall–Kier alpha value is -3.06. The van der Waals surface area contributed by atoms with Crippen molar-refractivity contribution in [1.29, 1.82) is 0 Å². The number of carbonyl (C=O) groups excluding carboxylic acids is 2. The predicted molar refractivity (Wildman–Crippen MR) is 125 cm³/mol. The molecule has 172 valence electrons. The summed E-state index contributed by atoms with van der Waals surface area (Å²) in [6.07, 6.45) is 0.197. The number of hydrogen-bond acceptors (Lipinski definition) is 5. The summed E-state index contributed by atoms with van der Waals surface area (Å²) in [5.74, 6) is 0.597. The molecule has 1 N–H and O–H groups in total. The van der Waals surface area contributed by atoms with Crippen molar-refractivity contribution in [2.24, 2.45) is 5.92 Å². The number of carbonyl (C=O) groups is 2. The van der Waals surface area contributed by atoms with Gasteiger partial charge in [-0.05, 0) is 36.3 Å². The van der Waals surface area contributed by atoms with Crippen LogP contribution in [0.1, 0.15) is 31.4 Å². The molecule has 2 aromatic carbocycles. The Morgan fingerprint density at radius 2 is 1.69 bits per heavy atom. The van der Waals surface area contributed by atoms with Crippen molar-refractivity contribution in [2.75, 3.05) is 38.8 Å². The van der Waals surface area contributed by atoms with Crippen molar-refractivity contribution >= 4 is 17.5 Å². The summed E-state index contributed by atoms with van der Waals surface area (Å²) < 4.78 is 10.6. The first-order valence-corrected chi connectivity index (χ1v) is 11.1. The first kappa shape index (κ1) is 23.6. The second kappa shape index (κ2) is 11.0. The van der Waals surface area contributed by atoms with Crippen molar-refractivity contribution in [3.63, 3.8) is 0 Å². The largest absolute Gasteiger partial charge is 0.493 e. The Bertz CT molecular complexity index is 925. The Morgan fingerprint density at radius 3 is 2.31 bits per heavy atom. The Balaban J connectivity index is 1.56. The van der Waals surface area contributed by atoms with Gasteiger partial charge < -0.3 is 19.7 Å². The van der Waals surface area contributed by atoms with E-state index in [0.29, 0.717) is 30.3 Å². The first-order chi connectivity index (χ1) is 15.5. The van der Waals surface area contributed by atoms with E-state index in [-0.39, 0.29) is 24.2 Å². The van der Waals surface area contributed by atoms with Crippen LogP contribution in [-0.2, 0) is 22.7 Å². The molecular formula is C25H33N3O4. The van der Waals surface area contributed by atoms with E-state index in [4.69, 9.17) is 9.47 Å². The molecule has 0 bridgehead atoms. The number of methoxy groups -OCH3 is 2. The van der Waals surface area contributed by atoms with Gasteiger partial charge in [0.25, 0.3) is 0 Å². The van der Waals surface area contributed by atoms with E-state index in [1.54, 1.807) is 37.3 Å². The predicted octanol–water partition coefficient (Wildman–Crippen LogP) is 3.21. The van der Waals surface area contributed by atoms with Gasteiger partial charge >= 0.3 is 0 Å². The zero-order chi connectivity index (χ0) is 23.1. The van der Waals surface area contributed by atoms with E-state index in [2.05, 4.69) is 48.3 Å². The smallest absolute Gasteiger partial charge is 0.227 e. The third-order valence-corrected chi connectivity index (χ3v) is 5.96. The average molecular weight is 440 g/mol. The number of benzene rings is 2. The molecule has 1 aliphatic rings. The van der Waals surface area contributed by atoms with E-state index in [0.717, 1.165) is 25.2 Å². The van der Waals surface area contributed by atoms with Gasteiger partial charge in [0.05, 0.1) is 20.1 Å². The number of amides is 2. The lowest BCUT2D eigenvalue weighted by Gasteiger charge is -2.19. The lowest BCUT2D eigenvalue weighted by molar-refractivity contribution is -0.126. The van der Waals surface area contributed by atoms with Crippen LogP contribution in [0.2, 0.25) is 0 Å². The van der Waals surface area contributed by atoms with Crippen LogP contribution in [0, 0.1) is 5.92 Å². The first-order valence-electron chi connectivity index (χ1n) is 11.1. The summed E-state index contributed by atoms with van der Waals surface area (Å²) in [6, 6.07) is 13.6. The van der Waals surface area contributed by atoms with Gasteiger partial charge in [-0.1, -0.05) is 38.1 Å². The van der Waals surface area contributed by atoms with Gasteiger partial charge in [0.2, 0.25) is 11.8 Å². The van der Waals surface area contributed by atoms with E-state index < -0.39 is 0 Å². The molecule has 0 saturated carbocycles. The number of nitrogens with one attached hydrogen (secondary N) is 1. The van der Waals surface area contributed by atoms with Gasteiger partial charge in [0.15, 0.2) is 11.5 Å². The van der Waals surface area contributed by atoms with Gasteiger partial charge in [-0.2, -0.15) is 0 Å². The standard InChI is InChI=1S/C25H33N3O4/c1-5-27(6-2)16-19-9-7-18(8-10-19)15-26-25(30)20-13-24(29)28(17-20)21-11-12-22(31-3)23(14-21)32-4/h7-12,14,20H,5-6,13,15-17H2,1-4H3,(H,26,30).